The fourth-order valence-corrected chi connectivity index (χ4v) is 5.62. The summed E-state index contributed by atoms with van der Waals surface area (Å²) in [4.78, 5) is 18.4. The van der Waals surface area contributed by atoms with Crippen LogP contribution in [-0.2, 0) is 14.8 Å². The predicted molar refractivity (Wildman–Crippen MR) is 120 cm³/mol. The molecule has 1 fully saturated rings. The summed E-state index contributed by atoms with van der Waals surface area (Å²) in [7, 11) is -2.16. The maximum absolute atomic E-state index is 14.0. The van der Waals surface area contributed by atoms with Crippen molar-refractivity contribution in [1.29, 1.82) is 0 Å². The van der Waals surface area contributed by atoms with Crippen LogP contribution in [0.1, 0.15) is 31.4 Å². The van der Waals surface area contributed by atoms with Gasteiger partial charge >= 0.3 is 0 Å². The van der Waals surface area contributed by atoms with Crippen LogP contribution in [0.3, 0.4) is 0 Å². The average molecular weight is 472 g/mol. The minimum atomic E-state index is -3.92. The second kappa shape index (κ2) is 9.40. The van der Waals surface area contributed by atoms with Gasteiger partial charge in [0.1, 0.15) is 23.4 Å². The molecule has 0 spiro atoms. The Kier molecular flexibility index (Phi) is 6.57. The molecule has 0 bridgehead atoms. The molecule has 0 N–H and O–H groups in total. The van der Waals surface area contributed by atoms with E-state index in [9.17, 15) is 17.6 Å². The topological polar surface area (TPSA) is 88.4 Å². The molecule has 0 unspecified atom stereocenters. The summed E-state index contributed by atoms with van der Waals surface area (Å²) < 4.78 is 42.6. The van der Waals surface area contributed by atoms with E-state index in [1.54, 1.807) is 23.0 Å². The number of nitrogens with zero attached hydrogens (tertiary/aromatic N) is 5. The summed E-state index contributed by atoms with van der Waals surface area (Å²) >= 11 is 0. The molecule has 1 aliphatic rings. The van der Waals surface area contributed by atoms with Gasteiger partial charge < -0.3 is 4.90 Å². The average Bonchev–Trinajstić information content (AvgIpc) is 3.38. The Bertz CT molecular complexity index is 1210. The molecule has 10 heteroatoms. The van der Waals surface area contributed by atoms with E-state index >= 15 is 0 Å². The first-order chi connectivity index (χ1) is 15.8. The molecule has 1 aliphatic heterocycles. The Morgan fingerprint density at radius 2 is 1.79 bits per heavy atom. The SMILES string of the molecule is C[C@H](c1ccc(-n2cncn2)cc1)N(C)C(=O)C1CCN(S(=O)(=O)c2ccccc2F)CC1. The Balaban J connectivity index is 1.38. The smallest absolute Gasteiger partial charge is 0.245 e. The summed E-state index contributed by atoms with van der Waals surface area (Å²) in [5.41, 5.74) is 1.86. The van der Waals surface area contributed by atoms with Gasteiger partial charge in [0, 0.05) is 26.1 Å². The number of piperidine rings is 1. The van der Waals surface area contributed by atoms with E-state index in [4.69, 9.17) is 0 Å². The summed E-state index contributed by atoms with van der Waals surface area (Å²) in [5.74, 6) is -1.07. The second-order valence-electron chi connectivity index (χ2n) is 8.17. The van der Waals surface area contributed by atoms with Gasteiger partial charge in [-0.25, -0.2) is 22.5 Å². The number of hydrogen-bond acceptors (Lipinski definition) is 5. The van der Waals surface area contributed by atoms with Crippen LogP contribution in [0.15, 0.2) is 66.1 Å². The number of sulfonamides is 1. The lowest BCUT2D eigenvalue weighted by molar-refractivity contribution is -0.137. The number of carbonyl (C=O) groups excluding carboxylic acids is 1. The molecule has 0 saturated carbocycles. The van der Waals surface area contributed by atoms with E-state index in [0.29, 0.717) is 12.8 Å². The van der Waals surface area contributed by atoms with Crippen molar-refractivity contribution in [2.75, 3.05) is 20.1 Å². The number of benzene rings is 2. The van der Waals surface area contributed by atoms with E-state index in [-0.39, 0.29) is 35.9 Å². The van der Waals surface area contributed by atoms with Crippen molar-refractivity contribution in [2.45, 2.75) is 30.7 Å². The highest BCUT2D eigenvalue weighted by Crippen LogP contribution is 2.28. The predicted octanol–water partition coefficient (Wildman–Crippen LogP) is 3.03. The van der Waals surface area contributed by atoms with Gasteiger partial charge in [0.15, 0.2) is 0 Å². The quantitative estimate of drug-likeness (QED) is 0.551. The molecule has 3 aromatic rings. The van der Waals surface area contributed by atoms with Crippen molar-refractivity contribution in [3.8, 4) is 5.69 Å². The minimum Gasteiger partial charge on any atom is -0.339 e. The lowest BCUT2D eigenvalue weighted by Crippen LogP contribution is -2.44. The zero-order valence-electron chi connectivity index (χ0n) is 18.5. The third-order valence-corrected chi connectivity index (χ3v) is 8.18. The molecular weight excluding hydrogens is 445 g/mol. The number of hydrogen-bond donors (Lipinski definition) is 0. The van der Waals surface area contributed by atoms with Gasteiger partial charge in [-0.15, -0.1) is 0 Å². The third-order valence-electron chi connectivity index (χ3n) is 6.24. The minimum absolute atomic E-state index is 0.0224. The number of amides is 1. The van der Waals surface area contributed by atoms with Gasteiger partial charge in [0.2, 0.25) is 15.9 Å². The zero-order chi connectivity index (χ0) is 23.6. The van der Waals surface area contributed by atoms with Crippen molar-refractivity contribution in [1.82, 2.24) is 24.0 Å². The monoisotopic (exact) mass is 471 g/mol. The van der Waals surface area contributed by atoms with E-state index in [0.717, 1.165) is 17.3 Å². The van der Waals surface area contributed by atoms with E-state index in [1.165, 1.54) is 28.8 Å². The molecule has 174 valence electrons. The fraction of sp³-hybridized carbons (Fsp3) is 0.348. The van der Waals surface area contributed by atoms with Crippen molar-refractivity contribution in [3.63, 3.8) is 0 Å². The second-order valence-corrected chi connectivity index (χ2v) is 10.1. The first-order valence-electron chi connectivity index (χ1n) is 10.8. The molecule has 1 saturated heterocycles. The fourth-order valence-electron chi connectivity index (χ4n) is 4.09. The van der Waals surface area contributed by atoms with Gasteiger partial charge in [0.05, 0.1) is 11.7 Å². The number of aromatic nitrogens is 3. The van der Waals surface area contributed by atoms with Gasteiger partial charge in [-0.2, -0.15) is 9.40 Å². The largest absolute Gasteiger partial charge is 0.339 e. The standard InChI is InChI=1S/C23H26FN5O3S/c1-17(18-7-9-20(10-8-18)29-16-25-15-26-29)27(2)23(30)19-11-13-28(14-12-19)33(31,32)22-6-4-3-5-21(22)24/h3-10,15-17,19H,11-14H2,1-2H3/t17-/m1/s1. The Labute approximate surface area is 192 Å². The number of carbonyl (C=O) groups is 1. The van der Waals surface area contributed by atoms with Crippen molar-refractivity contribution in [2.24, 2.45) is 5.92 Å². The van der Waals surface area contributed by atoms with E-state index in [2.05, 4.69) is 10.1 Å². The molecular formula is C23H26FN5O3S. The third kappa shape index (κ3) is 4.67. The first kappa shape index (κ1) is 23.1. The lowest BCUT2D eigenvalue weighted by atomic mass is 9.95. The number of rotatable bonds is 6. The molecule has 1 aromatic heterocycles. The molecule has 0 radical (unpaired) electrons. The van der Waals surface area contributed by atoms with Crippen LogP contribution < -0.4 is 0 Å². The van der Waals surface area contributed by atoms with Gasteiger partial charge in [0.25, 0.3) is 0 Å². The molecule has 33 heavy (non-hydrogen) atoms. The van der Waals surface area contributed by atoms with Crippen LogP contribution in [0.5, 0.6) is 0 Å². The van der Waals surface area contributed by atoms with Gasteiger partial charge in [-0.05, 0) is 49.6 Å². The van der Waals surface area contributed by atoms with Gasteiger partial charge in [-0.3, -0.25) is 4.79 Å². The number of halogens is 1. The maximum Gasteiger partial charge on any atom is 0.245 e. The van der Waals surface area contributed by atoms with Crippen LogP contribution in [0.2, 0.25) is 0 Å². The lowest BCUT2D eigenvalue weighted by Gasteiger charge is -2.34. The molecule has 2 heterocycles. The molecule has 4 rings (SSSR count). The summed E-state index contributed by atoms with van der Waals surface area (Å²) in [5, 5.41) is 4.11. The molecule has 1 amide bonds. The van der Waals surface area contributed by atoms with Crippen LogP contribution in [0.25, 0.3) is 5.69 Å². The van der Waals surface area contributed by atoms with Crippen LogP contribution in [-0.4, -0.2) is 58.4 Å². The van der Waals surface area contributed by atoms with Crippen molar-refractivity contribution >= 4 is 15.9 Å². The van der Waals surface area contributed by atoms with Crippen LogP contribution in [0, 0.1) is 11.7 Å². The summed E-state index contributed by atoms with van der Waals surface area (Å²) in [6, 6.07) is 13.0. The highest BCUT2D eigenvalue weighted by Gasteiger charge is 2.35. The summed E-state index contributed by atoms with van der Waals surface area (Å²) in [6.07, 6.45) is 3.88. The first-order valence-corrected chi connectivity index (χ1v) is 12.2. The summed E-state index contributed by atoms with van der Waals surface area (Å²) in [6.45, 7) is 2.32. The van der Waals surface area contributed by atoms with Crippen molar-refractivity contribution in [3.05, 3.63) is 72.6 Å². The van der Waals surface area contributed by atoms with Crippen LogP contribution >= 0.6 is 0 Å². The van der Waals surface area contributed by atoms with Gasteiger partial charge in [-0.1, -0.05) is 24.3 Å². The molecule has 8 nitrogen and oxygen atoms in total. The Morgan fingerprint density at radius 3 is 2.39 bits per heavy atom. The molecule has 2 aromatic carbocycles. The molecule has 1 atom stereocenters. The zero-order valence-corrected chi connectivity index (χ0v) is 19.3. The Morgan fingerprint density at radius 1 is 1.12 bits per heavy atom. The molecule has 0 aliphatic carbocycles. The Hall–Kier alpha value is -3.11. The normalized spacial score (nSPS) is 16.5. The van der Waals surface area contributed by atoms with E-state index < -0.39 is 15.8 Å². The van der Waals surface area contributed by atoms with Crippen molar-refractivity contribution < 1.29 is 17.6 Å². The highest BCUT2D eigenvalue weighted by atomic mass is 32.2. The highest BCUT2D eigenvalue weighted by molar-refractivity contribution is 7.89. The maximum atomic E-state index is 14.0. The van der Waals surface area contributed by atoms with E-state index in [1.807, 2.05) is 31.2 Å². The van der Waals surface area contributed by atoms with Crippen LogP contribution in [0.4, 0.5) is 4.39 Å².